The molecule has 0 aliphatic rings. The summed E-state index contributed by atoms with van der Waals surface area (Å²) in [7, 11) is 0. The third-order valence-corrected chi connectivity index (χ3v) is 2.12. The Hall–Kier alpha value is -0.160. The molecule has 0 aromatic heterocycles. The Morgan fingerprint density at radius 2 is 1.71 bits per heavy atom. The molecule has 0 aromatic carbocycles. The topological polar surface area (TPSA) is 69.9 Å². The van der Waals surface area contributed by atoms with Crippen molar-refractivity contribution < 1.29 is 20.1 Å². The Labute approximate surface area is 85.5 Å². The molecular weight excluding hydrogens is 184 g/mol. The molecule has 2 atom stereocenters. The minimum Gasteiger partial charge on any atom is -0.396 e. The van der Waals surface area contributed by atoms with E-state index in [0.717, 1.165) is 25.7 Å². The smallest absolute Gasteiger partial charge is 0.159 e. The molecule has 0 rings (SSSR count). The summed E-state index contributed by atoms with van der Waals surface area (Å²) >= 11 is 0. The molecular formula is C10H22O4. The highest BCUT2D eigenvalue weighted by atomic mass is 16.6. The standard InChI is InChI=1S/C10H22O4/c1-9(8-12)10(13)14-7-5-3-2-4-6-11/h9-13H,2-8H2,1H3. The highest BCUT2D eigenvalue weighted by molar-refractivity contribution is 4.52. The fourth-order valence-electron chi connectivity index (χ4n) is 1.03. The molecule has 0 bridgehead atoms. The molecule has 0 saturated heterocycles. The molecule has 0 fully saturated rings. The van der Waals surface area contributed by atoms with E-state index in [0.29, 0.717) is 6.61 Å². The monoisotopic (exact) mass is 206 g/mol. The van der Waals surface area contributed by atoms with Crippen LogP contribution in [0.2, 0.25) is 0 Å². The van der Waals surface area contributed by atoms with Crippen LogP contribution >= 0.6 is 0 Å². The van der Waals surface area contributed by atoms with Gasteiger partial charge in [-0.1, -0.05) is 19.8 Å². The van der Waals surface area contributed by atoms with Gasteiger partial charge in [0.25, 0.3) is 0 Å². The lowest BCUT2D eigenvalue weighted by Gasteiger charge is -2.16. The Morgan fingerprint density at radius 3 is 2.29 bits per heavy atom. The molecule has 0 radical (unpaired) electrons. The van der Waals surface area contributed by atoms with Gasteiger partial charge in [0, 0.05) is 19.1 Å². The van der Waals surface area contributed by atoms with E-state index in [1.54, 1.807) is 6.92 Å². The molecule has 0 saturated carbocycles. The Bertz CT molecular complexity index is 119. The summed E-state index contributed by atoms with van der Waals surface area (Å²) < 4.78 is 5.11. The third kappa shape index (κ3) is 7.26. The summed E-state index contributed by atoms with van der Waals surface area (Å²) in [6.45, 7) is 2.42. The molecule has 0 amide bonds. The van der Waals surface area contributed by atoms with E-state index in [-0.39, 0.29) is 19.1 Å². The van der Waals surface area contributed by atoms with Crippen LogP contribution in [0.3, 0.4) is 0 Å². The maximum Gasteiger partial charge on any atom is 0.159 e. The number of hydrogen-bond donors (Lipinski definition) is 3. The molecule has 2 unspecified atom stereocenters. The van der Waals surface area contributed by atoms with Crippen LogP contribution in [0.5, 0.6) is 0 Å². The number of ether oxygens (including phenoxy) is 1. The van der Waals surface area contributed by atoms with Crippen LogP contribution in [0.1, 0.15) is 32.6 Å². The first-order valence-electron chi connectivity index (χ1n) is 5.23. The second kappa shape index (κ2) is 9.40. The van der Waals surface area contributed by atoms with Gasteiger partial charge in [0.05, 0.1) is 6.61 Å². The molecule has 3 N–H and O–H groups in total. The average molecular weight is 206 g/mol. The van der Waals surface area contributed by atoms with Gasteiger partial charge >= 0.3 is 0 Å². The van der Waals surface area contributed by atoms with Gasteiger partial charge in [-0.3, -0.25) is 0 Å². The molecule has 0 aliphatic carbocycles. The fourth-order valence-corrected chi connectivity index (χ4v) is 1.03. The number of hydrogen-bond acceptors (Lipinski definition) is 4. The second-order valence-electron chi connectivity index (χ2n) is 3.56. The van der Waals surface area contributed by atoms with Crippen LogP contribution in [0.25, 0.3) is 0 Å². The van der Waals surface area contributed by atoms with Crippen molar-refractivity contribution in [2.24, 2.45) is 5.92 Å². The van der Waals surface area contributed by atoms with Crippen LogP contribution in [-0.2, 0) is 4.74 Å². The van der Waals surface area contributed by atoms with Crippen LogP contribution in [0.15, 0.2) is 0 Å². The van der Waals surface area contributed by atoms with Gasteiger partial charge in [-0.2, -0.15) is 0 Å². The molecule has 4 nitrogen and oxygen atoms in total. The van der Waals surface area contributed by atoms with Crippen molar-refractivity contribution in [3.63, 3.8) is 0 Å². The first kappa shape index (κ1) is 13.8. The molecule has 14 heavy (non-hydrogen) atoms. The van der Waals surface area contributed by atoms with E-state index in [9.17, 15) is 5.11 Å². The fraction of sp³-hybridized carbons (Fsp3) is 1.00. The number of aliphatic hydroxyl groups excluding tert-OH is 3. The van der Waals surface area contributed by atoms with E-state index < -0.39 is 6.29 Å². The van der Waals surface area contributed by atoms with Gasteiger partial charge in [-0.05, 0) is 12.8 Å². The molecule has 0 heterocycles. The van der Waals surface area contributed by atoms with Crippen LogP contribution in [-0.4, -0.2) is 41.4 Å². The number of rotatable bonds is 9. The second-order valence-corrected chi connectivity index (χ2v) is 3.56. The minimum absolute atomic E-state index is 0.0638. The van der Waals surface area contributed by atoms with Gasteiger partial charge < -0.3 is 20.1 Å². The molecule has 86 valence electrons. The van der Waals surface area contributed by atoms with Gasteiger partial charge in [0.2, 0.25) is 0 Å². The zero-order chi connectivity index (χ0) is 10.8. The van der Waals surface area contributed by atoms with Crippen molar-refractivity contribution in [3.05, 3.63) is 0 Å². The summed E-state index contributed by atoms with van der Waals surface area (Å²) in [4.78, 5) is 0. The van der Waals surface area contributed by atoms with Gasteiger partial charge in [0.1, 0.15) is 0 Å². The Morgan fingerprint density at radius 1 is 1.07 bits per heavy atom. The average Bonchev–Trinajstić information content (AvgIpc) is 2.21. The van der Waals surface area contributed by atoms with Crippen molar-refractivity contribution in [1.29, 1.82) is 0 Å². The summed E-state index contributed by atoms with van der Waals surface area (Å²) in [6.07, 6.45) is 2.84. The predicted octanol–water partition coefficient (Wildman–Crippen LogP) is 0.502. The van der Waals surface area contributed by atoms with Crippen molar-refractivity contribution in [2.75, 3.05) is 19.8 Å². The van der Waals surface area contributed by atoms with Crippen molar-refractivity contribution in [2.45, 2.75) is 38.9 Å². The van der Waals surface area contributed by atoms with Gasteiger partial charge in [-0.15, -0.1) is 0 Å². The largest absolute Gasteiger partial charge is 0.396 e. The lowest BCUT2D eigenvalue weighted by Crippen LogP contribution is -2.24. The summed E-state index contributed by atoms with van der Waals surface area (Å²) in [5.41, 5.74) is 0. The number of aliphatic hydroxyl groups is 3. The molecule has 0 aliphatic heterocycles. The van der Waals surface area contributed by atoms with E-state index in [2.05, 4.69) is 0 Å². The van der Waals surface area contributed by atoms with E-state index in [4.69, 9.17) is 14.9 Å². The highest BCUT2D eigenvalue weighted by Gasteiger charge is 2.12. The van der Waals surface area contributed by atoms with E-state index >= 15 is 0 Å². The zero-order valence-electron chi connectivity index (χ0n) is 8.85. The molecule has 0 spiro atoms. The van der Waals surface area contributed by atoms with E-state index in [1.807, 2.05) is 0 Å². The molecule has 0 aromatic rings. The van der Waals surface area contributed by atoms with Gasteiger partial charge in [-0.25, -0.2) is 0 Å². The van der Waals surface area contributed by atoms with Gasteiger partial charge in [0.15, 0.2) is 6.29 Å². The summed E-state index contributed by atoms with van der Waals surface area (Å²) in [5, 5.41) is 26.5. The zero-order valence-corrected chi connectivity index (χ0v) is 8.85. The summed E-state index contributed by atoms with van der Waals surface area (Å²) in [5.74, 6) is -0.229. The van der Waals surface area contributed by atoms with Crippen molar-refractivity contribution >= 4 is 0 Å². The van der Waals surface area contributed by atoms with Crippen LogP contribution in [0, 0.1) is 5.92 Å². The third-order valence-electron chi connectivity index (χ3n) is 2.12. The first-order chi connectivity index (χ1) is 6.72. The summed E-state index contributed by atoms with van der Waals surface area (Å²) in [6, 6.07) is 0. The SMILES string of the molecule is CC(CO)C(O)OCCCCCCO. The van der Waals surface area contributed by atoms with Crippen LogP contribution in [0.4, 0.5) is 0 Å². The maximum atomic E-state index is 9.30. The van der Waals surface area contributed by atoms with Crippen LogP contribution < -0.4 is 0 Å². The normalized spacial score (nSPS) is 15.4. The Kier molecular flexibility index (Phi) is 9.29. The Balaban J connectivity index is 3.18. The maximum absolute atomic E-state index is 9.30. The first-order valence-corrected chi connectivity index (χ1v) is 5.23. The van der Waals surface area contributed by atoms with E-state index in [1.165, 1.54) is 0 Å². The predicted molar refractivity (Wildman–Crippen MR) is 53.8 cm³/mol. The minimum atomic E-state index is -0.863. The molecule has 4 heteroatoms. The number of unbranched alkanes of at least 4 members (excludes halogenated alkanes) is 3. The highest BCUT2D eigenvalue weighted by Crippen LogP contribution is 2.05. The lowest BCUT2D eigenvalue weighted by atomic mass is 10.2. The van der Waals surface area contributed by atoms with Crippen molar-refractivity contribution in [1.82, 2.24) is 0 Å². The quantitative estimate of drug-likeness (QED) is 0.379. The van der Waals surface area contributed by atoms with Crippen molar-refractivity contribution in [3.8, 4) is 0 Å². The lowest BCUT2D eigenvalue weighted by molar-refractivity contribution is -0.139.